The second-order valence-corrected chi connectivity index (χ2v) is 12.5. The highest BCUT2D eigenvalue weighted by Crippen LogP contribution is 2.43. The Morgan fingerprint density at radius 3 is 2.25 bits per heavy atom. The number of piperazine rings is 1. The number of allylic oxidation sites excluding steroid dienone is 3. The van der Waals surface area contributed by atoms with Crippen LogP contribution >= 0.6 is 23.2 Å². The molecule has 1 fully saturated rings. The fourth-order valence-electron chi connectivity index (χ4n) is 6.18. The molecule has 0 radical (unpaired) electrons. The minimum absolute atomic E-state index is 0.147. The summed E-state index contributed by atoms with van der Waals surface area (Å²) < 4.78 is 45.5. The number of anilines is 1. The summed E-state index contributed by atoms with van der Waals surface area (Å²) in [5.74, 6) is -7.45. The summed E-state index contributed by atoms with van der Waals surface area (Å²) in [6, 6.07) is 2.58. The van der Waals surface area contributed by atoms with E-state index in [4.69, 9.17) is 23.2 Å². The maximum atomic E-state index is 15.4. The van der Waals surface area contributed by atoms with Crippen LogP contribution in [0.2, 0.25) is 10.0 Å². The van der Waals surface area contributed by atoms with Gasteiger partial charge in [-0.25, -0.2) is 13.8 Å². The predicted molar refractivity (Wildman–Crippen MR) is 183 cm³/mol. The first-order valence-corrected chi connectivity index (χ1v) is 15.6. The predicted octanol–water partition coefficient (Wildman–Crippen LogP) is 7.12. The van der Waals surface area contributed by atoms with Gasteiger partial charge >= 0.3 is 0 Å². The molecule has 0 spiro atoms. The lowest BCUT2D eigenvalue weighted by atomic mass is 9.99. The molecule has 3 aromatic rings. The second-order valence-electron chi connectivity index (χ2n) is 11.7. The van der Waals surface area contributed by atoms with Crippen LogP contribution in [0.1, 0.15) is 40.2 Å². The van der Waals surface area contributed by atoms with Crippen LogP contribution in [0.5, 0.6) is 5.75 Å². The van der Waals surface area contributed by atoms with Crippen molar-refractivity contribution in [3.8, 4) is 23.1 Å². The van der Waals surface area contributed by atoms with Crippen LogP contribution < -0.4 is 10.5 Å². The van der Waals surface area contributed by atoms with Crippen molar-refractivity contribution < 1.29 is 23.1 Å². The lowest BCUT2D eigenvalue weighted by molar-refractivity contribution is -0.130. The van der Waals surface area contributed by atoms with E-state index in [-0.39, 0.29) is 70.0 Å². The van der Waals surface area contributed by atoms with E-state index in [1.54, 1.807) is 16.7 Å². The topological polar surface area (TPSA) is 115 Å². The number of aromatic nitrogens is 2. The average Bonchev–Trinajstić information content (AvgIpc) is 3.04. The van der Waals surface area contributed by atoms with E-state index in [2.05, 4.69) is 23.1 Å². The van der Waals surface area contributed by atoms with Crippen molar-refractivity contribution in [2.24, 2.45) is 10.9 Å². The third-order valence-corrected chi connectivity index (χ3v) is 8.91. The normalized spacial score (nSPS) is 17.4. The Hall–Kier alpha value is -4.60. The zero-order valence-corrected chi connectivity index (χ0v) is 28.6. The van der Waals surface area contributed by atoms with Gasteiger partial charge in [0, 0.05) is 37.6 Å². The van der Waals surface area contributed by atoms with Gasteiger partial charge in [0.1, 0.15) is 17.3 Å². The Bertz CT molecular complexity index is 2010. The summed E-state index contributed by atoms with van der Waals surface area (Å²) in [4.78, 5) is 39.6. The largest absolute Gasteiger partial charge is 0.503 e. The molecule has 3 heterocycles. The van der Waals surface area contributed by atoms with Crippen molar-refractivity contribution >= 4 is 57.2 Å². The van der Waals surface area contributed by atoms with Gasteiger partial charge in [0.25, 0.3) is 5.56 Å². The SMILES string of the molecule is C=CC(=O)N1[C@H](C)CN(c2c(C#N)c(=O)n(/C(C(=NC)C(C)C)=C(\C)C=C)c3nc(-c4c(F)c(O)c(F)c(F)c4Cl)c(Cl)cc23)C[C@@H]1C. The number of hydrogen-bond acceptors (Lipinski definition) is 7. The van der Waals surface area contributed by atoms with E-state index < -0.39 is 45.0 Å². The monoisotopic (exact) mass is 700 g/mol. The van der Waals surface area contributed by atoms with Gasteiger partial charge in [-0.3, -0.25) is 19.1 Å². The van der Waals surface area contributed by atoms with E-state index in [0.29, 0.717) is 11.3 Å². The highest BCUT2D eigenvalue weighted by molar-refractivity contribution is 6.37. The highest BCUT2D eigenvalue weighted by atomic mass is 35.5. The molecule has 0 aliphatic carbocycles. The zero-order valence-electron chi connectivity index (χ0n) is 27.1. The molecular weight excluding hydrogens is 668 g/mol. The van der Waals surface area contributed by atoms with Crippen molar-refractivity contribution in [3.05, 3.63) is 80.4 Å². The van der Waals surface area contributed by atoms with Gasteiger partial charge in [0.2, 0.25) is 11.7 Å². The number of hydrogen-bond donors (Lipinski definition) is 1. The molecule has 252 valence electrons. The summed E-state index contributed by atoms with van der Waals surface area (Å²) in [5, 5.41) is 19.4. The number of nitriles is 1. The minimum atomic E-state index is -1.90. The molecular formula is C34H33Cl2F3N6O3. The molecule has 2 atom stereocenters. The smallest absolute Gasteiger partial charge is 0.276 e. The Morgan fingerprint density at radius 2 is 1.75 bits per heavy atom. The van der Waals surface area contributed by atoms with Gasteiger partial charge in [-0.15, -0.1) is 0 Å². The maximum absolute atomic E-state index is 15.4. The number of phenolic OH excluding ortho intramolecular Hbond substituents is 1. The lowest BCUT2D eigenvalue weighted by Crippen LogP contribution is -2.58. The molecule has 1 saturated heterocycles. The Morgan fingerprint density at radius 1 is 1.15 bits per heavy atom. The second kappa shape index (κ2) is 13.9. The number of carbonyl (C=O) groups excluding carboxylic acids is 1. The van der Waals surface area contributed by atoms with Gasteiger partial charge in [-0.05, 0) is 44.4 Å². The first-order valence-electron chi connectivity index (χ1n) is 14.8. The molecule has 48 heavy (non-hydrogen) atoms. The van der Waals surface area contributed by atoms with E-state index in [1.807, 2.05) is 33.8 Å². The third-order valence-electron chi connectivity index (χ3n) is 8.26. The fraction of sp³-hybridized carbons (Fsp3) is 0.324. The number of amides is 1. The van der Waals surface area contributed by atoms with Crippen LogP contribution in [0.25, 0.3) is 28.0 Å². The molecule has 1 N–H and O–H groups in total. The van der Waals surface area contributed by atoms with Crippen molar-refractivity contribution in [2.75, 3.05) is 25.0 Å². The molecule has 1 aliphatic rings. The minimum Gasteiger partial charge on any atom is -0.503 e. The third kappa shape index (κ3) is 5.86. The molecule has 1 aliphatic heterocycles. The molecule has 0 bridgehead atoms. The van der Waals surface area contributed by atoms with Gasteiger partial charge in [0.05, 0.1) is 38.4 Å². The first kappa shape index (κ1) is 36.2. The number of pyridine rings is 2. The zero-order chi connectivity index (χ0) is 35.9. The Kier molecular flexibility index (Phi) is 10.5. The standard InChI is InChI=1S/C34H33Cl2F3N6O3/c1-9-16(5)30(28(41-8)15(3)4)45-33-19(11-21(35)29(42-33)23-24(36)26(38)27(39)32(47)25(23)37)31(20(12-40)34(45)48)43-13-17(6)44(18(7)14-43)22(46)10-2/h9-11,15,17-18,47H,1-2,13-14H2,3-8H3/b30-16+,41-28?/t17-,18+. The quantitative estimate of drug-likeness (QED) is 0.0923. The molecule has 1 amide bonds. The molecule has 0 saturated carbocycles. The van der Waals surface area contributed by atoms with Crippen molar-refractivity contribution in [3.63, 3.8) is 0 Å². The number of benzene rings is 1. The van der Waals surface area contributed by atoms with Crippen molar-refractivity contribution in [1.82, 2.24) is 14.5 Å². The van der Waals surface area contributed by atoms with Gasteiger partial charge < -0.3 is 14.9 Å². The van der Waals surface area contributed by atoms with E-state index >= 15 is 4.39 Å². The van der Waals surface area contributed by atoms with E-state index in [1.165, 1.54) is 25.3 Å². The Labute approximate surface area is 285 Å². The van der Waals surface area contributed by atoms with Crippen LogP contribution in [-0.2, 0) is 4.79 Å². The van der Waals surface area contributed by atoms with E-state index in [9.17, 15) is 28.7 Å². The summed E-state index contributed by atoms with van der Waals surface area (Å²) in [5.41, 5.74) is -1.34. The molecule has 0 unspecified atom stereocenters. The van der Waals surface area contributed by atoms with Crippen LogP contribution in [0.3, 0.4) is 0 Å². The van der Waals surface area contributed by atoms with Gasteiger partial charge in [-0.2, -0.15) is 9.65 Å². The number of carbonyl (C=O) groups is 1. The van der Waals surface area contributed by atoms with Crippen LogP contribution in [-0.4, -0.2) is 63.4 Å². The maximum Gasteiger partial charge on any atom is 0.276 e. The highest BCUT2D eigenvalue weighted by Gasteiger charge is 2.36. The average molecular weight is 702 g/mol. The number of nitrogens with zero attached hydrogens (tertiary/aromatic N) is 6. The first-order chi connectivity index (χ1) is 22.6. The van der Waals surface area contributed by atoms with Crippen molar-refractivity contribution in [1.29, 1.82) is 5.26 Å². The number of fused-ring (bicyclic) bond motifs is 1. The lowest BCUT2D eigenvalue weighted by Gasteiger charge is -2.45. The molecule has 9 nitrogen and oxygen atoms in total. The number of rotatable bonds is 7. The van der Waals surface area contributed by atoms with Crippen LogP contribution in [0.4, 0.5) is 18.9 Å². The number of aromatic hydroxyl groups is 1. The van der Waals surface area contributed by atoms with Gasteiger partial charge in [0.15, 0.2) is 17.4 Å². The summed E-state index contributed by atoms with van der Waals surface area (Å²) in [7, 11) is 1.53. The van der Waals surface area contributed by atoms with Crippen molar-refractivity contribution in [2.45, 2.75) is 46.7 Å². The molecule has 14 heteroatoms. The fourth-order valence-corrected chi connectivity index (χ4v) is 6.68. The summed E-state index contributed by atoms with van der Waals surface area (Å²) in [6.45, 7) is 16.8. The Balaban J connectivity index is 2.26. The van der Waals surface area contributed by atoms with E-state index in [0.717, 1.165) is 4.57 Å². The van der Waals surface area contributed by atoms with Gasteiger partial charge in [-0.1, -0.05) is 56.3 Å². The molecule has 2 aromatic heterocycles. The number of aliphatic imine (C=N–C) groups is 1. The number of halogens is 5. The van der Waals surface area contributed by atoms with Crippen LogP contribution in [0.15, 0.2) is 46.7 Å². The van der Waals surface area contributed by atoms with Crippen LogP contribution in [0, 0.1) is 34.7 Å². The molecule has 1 aromatic carbocycles. The number of phenols is 1. The summed E-state index contributed by atoms with van der Waals surface area (Å²) in [6.07, 6.45) is 2.70. The molecule has 4 rings (SSSR count). The summed E-state index contributed by atoms with van der Waals surface area (Å²) >= 11 is 12.8.